The number of amides is 1. The van der Waals surface area contributed by atoms with E-state index >= 15 is 0 Å². The maximum Gasteiger partial charge on any atom is 0.241 e. The number of carbonyl (C=O) groups excluding carboxylic acids is 1. The summed E-state index contributed by atoms with van der Waals surface area (Å²) < 4.78 is 27.3. The van der Waals surface area contributed by atoms with Crippen LogP contribution in [0.5, 0.6) is 0 Å². The minimum absolute atomic E-state index is 0.129. The van der Waals surface area contributed by atoms with Gasteiger partial charge in [-0.25, -0.2) is 8.42 Å². The lowest BCUT2D eigenvalue weighted by atomic mass is 10.2. The van der Waals surface area contributed by atoms with Crippen molar-refractivity contribution in [1.29, 1.82) is 0 Å². The van der Waals surface area contributed by atoms with Crippen LogP contribution in [0.25, 0.3) is 0 Å². The summed E-state index contributed by atoms with van der Waals surface area (Å²) in [7, 11) is -3.69. The van der Waals surface area contributed by atoms with Gasteiger partial charge in [-0.3, -0.25) is 4.79 Å². The first-order valence-corrected chi connectivity index (χ1v) is 8.55. The summed E-state index contributed by atoms with van der Waals surface area (Å²) >= 11 is 3.24. The van der Waals surface area contributed by atoms with E-state index < -0.39 is 16.1 Å². The van der Waals surface area contributed by atoms with Gasteiger partial charge < -0.3 is 5.32 Å². The Labute approximate surface area is 128 Å². The maximum atomic E-state index is 12.1. The molecule has 1 aromatic carbocycles. The molecular weight excluding hydrogens is 344 g/mol. The topological polar surface area (TPSA) is 75.3 Å². The molecule has 0 aliphatic carbocycles. The first-order valence-electron chi connectivity index (χ1n) is 6.28. The molecule has 0 aliphatic heterocycles. The van der Waals surface area contributed by atoms with Crippen molar-refractivity contribution in [1.82, 2.24) is 10.0 Å². The zero-order chi connectivity index (χ0) is 15.3. The number of hydrogen-bond acceptors (Lipinski definition) is 3. The van der Waals surface area contributed by atoms with Crippen molar-refractivity contribution in [3.8, 4) is 0 Å². The van der Waals surface area contributed by atoms with Crippen LogP contribution in [-0.2, 0) is 14.8 Å². The molecule has 1 aromatic rings. The molecule has 0 unspecified atom stereocenters. The normalized spacial score (nSPS) is 13.2. The third-order valence-corrected chi connectivity index (χ3v) is 4.62. The number of nitrogens with one attached hydrogen (secondary N) is 2. The Kier molecular flexibility index (Phi) is 6.16. The van der Waals surface area contributed by atoms with E-state index in [9.17, 15) is 13.2 Å². The van der Waals surface area contributed by atoms with Gasteiger partial charge in [-0.1, -0.05) is 29.8 Å². The molecule has 1 amide bonds. The summed E-state index contributed by atoms with van der Waals surface area (Å²) in [4.78, 5) is 11.9. The van der Waals surface area contributed by atoms with E-state index in [4.69, 9.17) is 0 Å². The quantitative estimate of drug-likeness (QED) is 0.811. The van der Waals surface area contributed by atoms with Gasteiger partial charge in [0.2, 0.25) is 15.9 Å². The summed E-state index contributed by atoms with van der Waals surface area (Å²) in [5.41, 5.74) is 0. The van der Waals surface area contributed by atoms with Crippen LogP contribution in [0.15, 0.2) is 33.6 Å². The third kappa shape index (κ3) is 5.22. The fourth-order valence-corrected chi connectivity index (χ4v) is 2.89. The van der Waals surface area contributed by atoms with Crippen LogP contribution < -0.4 is 10.0 Å². The molecular formula is C13H19BrN2O3S. The fraction of sp³-hybridized carbons (Fsp3) is 0.462. The minimum Gasteiger partial charge on any atom is -0.354 e. The van der Waals surface area contributed by atoms with E-state index in [1.54, 1.807) is 12.1 Å². The van der Waals surface area contributed by atoms with Crippen LogP contribution in [-0.4, -0.2) is 26.9 Å². The summed E-state index contributed by atoms with van der Waals surface area (Å²) in [6.45, 7) is 5.98. The van der Waals surface area contributed by atoms with Crippen LogP contribution in [0.2, 0.25) is 0 Å². The number of rotatable bonds is 6. The zero-order valence-corrected chi connectivity index (χ0v) is 14.1. The van der Waals surface area contributed by atoms with Gasteiger partial charge >= 0.3 is 0 Å². The van der Waals surface area contributed by atoms with E-state index in [1.165, 1.54) is 19.1 Å². The van der Waals surface area contributed by atoms with Crippen molar-refractivity contribution in [3.63, 3.8) is 0 Å². The lowest BCUT2D eigenvalue weighted by Gasteiger charge is -2.15. The zero-order valence-electron chi connectivity index (χ0n) is 11.7. The molecule has 7 heteroatoms. The molecule has 20 heavy (non-hydrogen) atoms. The predicted octanol–water partition coefficient (Wildman–Crippen LogP) is 1.89. The highest BCUT2D eigenvalue weighted by Gasteiger charge is 2.21. The monoisotopic (exact) mass is 362 g/mol. The smallest absolute Gasteiger partial charge is 0.241 e. The number of benzene rings is 1. The Morgan fingerprint density at radius 3 is 2.25 bits per heavy atom. The van der Waals surface area contributed by atoms with Crippen LogP contribution in [0.1, 0.15) is 20.8 Å². The summed E-state index contributed by atoms with van der Waals surface area (Å²) in [5.74, 6) is -0.0198. The lowest BCUT2D eigenvalue weighted by Crippen LogP contribution is -2.45. The third-order valence-electron chi connectivity index (χ3n) is 2.53. The molecule has 5 nitrogen and oxygen atoms in total. The Balaban J connectivity index is 2.70. The molecule has 0 heterocycles. The van der Waals surface area contributed by atoms with Gasteiger partial charge in [-0.15, -0.1) is 0 Å². The second-order valence-corrected chi connectivity index (χ2v) is 7.57. The Bertz CT molecular complexity index is 555. The van der Waals surface area contributed by atoms with Gasteiger partial charge in [0.25, 0.3) is 0 Å². The van der Waals surface area contributed by atoms with E-state index in [2.05, 4.69) is 26.0 Å². The fourth-order valence-electron chi connectivity index (χ4n) is 1.43. The van der Waals surface area contributed by atoms with Gasteiger partial charge in [0.1, 0.15) is 0 Å². The van der Waals surface area contributed by atoms with Crippen LogP contribution >= 0.6 is 15.9 Å². The SMILES string of the molecule is CC(C)CNC(=O)[C@@H](C)NS(=O)(=O)c1ccc(Br)cc1. The standard InChI is InChI=1S/C13H19BrN2O3S/c1-9(2)8-15-13(17)10(3)16-20(18,19)12-6-4-11(14)5-7-12/h4-7,9-10,16H,8H2,1-3H3,(H,15,17)/t10-/m1/s1. The largest absolute Gasteiger partial charge is 0.354 e. The first kappa shape index (κ1) is 17.1. The highest BCUT2D eigenvalue weighted by Crippen LogP contribution is 2.14. The van der Waals surface area contributed by atoms with E-state index in [1.807, 2.05) is 13.8 Å². The van der Waals surface area contributed by atoms with Crippen molar-refractivity contribution in [2.75, 3.05) is 6.54 Å². The minimum atomic E-state index is -3.69. The highest BCUT2D eigenvalue weighted by molar-refractivity contribution is 9.10. The Hall–Kier alpha value is -0.920. The lowest BCUT2D eigenvalue weighted by molar-refractivity contribution is -0.122. The number of halogens is 1. The summed E-state index contributed by atoms with van der Waals surface area (Å²) in [5, 5.41) is 2.69. The molecule has 1 rings (SSSR count). The predicted molar refractivity (Wildman–Crippen MR) is 81.8 cm³/mol. The number of carbonyl (C=O) groups is 1. The number of hydrogen-bond donors (Lipinski definition) is 2. The molecule has 1 atom stereocenters. The van der Waals surface area contributed by atoms with Crippen LogP contribution in [0.3, 0.4) is 0 Å². The second-order valence-electron chi connectivity index (χ2n) is 4.94. The average Bonchev–Trinajstić information content (AvgIpc) is 2.35. The van der Waals surface area contributed by atoms with Crippen molar-refractivity contribution in [2.45, 2.75) is 31.7 Å². The molecule has 0 radical (unpaired) electrons. The van der Waals surface area contributed by atoms with E-state index in [-0.39, 0.29) is 10.8 Å². The molecule has 0 spiro atoms. The van der Waals surface area contributed by atoms with Crippen LogP contribution in [0, 0.1) is 5.92 Å². The summed E-state index contributed by atoms with van der Waals surface area (Å²) in [6.07, 6.45) is 0. The maximum absolute atomic E-state index is 12.1. The molecule has 0 aliphatic rings. The molecule has 0 fully saturated rings. The van der Waals surface area contributed by atoms with Gasteiger partial charge in [0.15, 0.2) is 0 Å². The molecule has 0 bridgehead atoms. The van der Waals surface area contributed by atoms with Crippen molar-refractivity contribution in [3.05, 3.63) is 28.7 Å². The molecule has 2 N–H and O–H groups in total. The van der Waals surface area contributed by atoms with Gasteiger partial charge in [0, 0.05) is 11.0 Å². The van der Waals surface area contributed by atoms with Gasteiger partial charge in [0.05, 0.1) is 10.9 Å². The second kappa shape index (κ2) is 7.19. The van der Waals surface area contributed by atoms with Gasteiger partial charge in [-0.05, 0) is 37.1 Å². The first-order chi connectivity index (χ1) is 9.22. The van der Waals surface area contributed by atoms with Crippen molar-refractivity contribution < 1.29 is 13.2 Å². The molecule has 0 saturated heterocycles. The summed E-state index contributed by atoms with van der Waals surface area (Å²) in [6, 6.07) is 5.41. The van der Waals surface area contributed by atoms with Gasteiger partial charge in [-0.2, -0.15) is 4.72 Å². The molecule has 0 aromatic heterocycles. The molecule has 112 valence electrons. The number of sulfonamides is 1. The highest BCUT2D eigenvalue weighted by atomic mass is 79.9. The van der Waals surface area contributed by atoms with E-state index in [0.717, 1.165) is 4.47 Å². The van der Waals surface area contributed by atoms with E-state index in [0.29, 0.717) is 12.5 Å². The molecule has 0 saturated carbocycles. The Morgan fingerprint density at radius 1 is 1.20 bits per heavy atom. The van der Waals surface area contributed by atoms with Crippen LogP contribution in [0.4, 0.5) is 0 Å². The Morgan fingerprint density at radius 2 is 1.75 bits per heavy atom. The van der Waals surface area contributed by atoms with Crippen molar-refractivity contribution in [2.24, 2.45) is 5.92 Å². The van der Waals surface area contributed by atoms with Crippen molar-refractivity contribution >= 4 is 31.9 Å². The average molecular weight is 363 g/mol.